The summed E-state index contributed by atoms with van der Waals surface area (Å²) < 4.78 is 12.9. The van der Waals surface area contributed by atoms with Crippen molar-refractivity contribution >= 4 is 27.5 Å². The molecule has 33 heavy (non-hydrogen) atoms. The topological polar surface area (TPSA) is 73.7 Å². The van der Waals surface area contributed by atoms with E-state index in [1.54, 1.807) is 17.7 Å². The first kappa shape index (κ1) is 20.7. The van der Waals surface area contributed by atoms with Crippen LogP contribution in [-0.2, 0) is 24.2 Å². The molecule has 0 radical (unpaired) electrons. The van der Waals surface area contributed by atoms with Crippen molar-refractivity contribution in [3.05, 3.63) is 50.9 Å². The summed E-state index contributed by atoms with van der Waals surface area (Å²) in [4.78, 5) is 35.3. The van der Waals surface area contributed by atoms with E-state index in [4.69, 9.17) is 9.47 Å². The van der Waals surface area contributed by atoms with Crippen molar-refractivity contribution in [3.8, 4) is 11.5 Å². The van der Waals surface area contributed by atoms with Crippen LogP contribution in [0.4, 0.5) is 0 Å². The third-order valence-electron chi connectivity index (χ3n) is 7.02. The van der Waals surface area contributed by atoms with Gasteiger partial charge in [-0.05, 0) is 61.8 Å². The van der Waals surface area contributed by atoms with E-state index in [1.807, 2.05) is 23.1 Å². The number of benzene rings is 1. The highest BCUT2D eigenvalue weighted by atomic mass is 32.1. The van der Waals surface area contributed by atoms with Crippen molar-refractivity contribution in [1.82, 2.24) is 14.5 Å². The van der Waals surface area contributed by atoms with Gasteiger partial charge in [0.25, 0.3) is 5.56 Å². The van der Waals surface area contributed by atoms with E-state index in [-0.39, 0.29) is 24.1 Å². The number of nitrogens with zero attached hydrogens (tertiary/aromatic N) is 3. The number of carbonyl (C=O) groups excluding carboxylic acids is 1. The van der Waals surface area contributed by atoms with Crippen molar-refractivity contribution in [2.45, 2.75) is 57.5 Å². The number of ether oxygens (including phenoxy) is 2. The molecule has 4 heterocycles. The summed E-state index contributed by atoms with van der Waals surface area (Å²) in [6.45, 7) is 1.80. The van der Waals surface area contributed by atoms with Crippen molar-refractivity contribution in [3.63, 3.8) is 0 Å². The molecule has 1 unspecified atom stereocenters. The van der Waals surface area contributed by atoms with Crippen molar-refractivity contribution in [1.29, 1.82) is 0 Å². The quantitative estimate of drug-likeness (QED) is 0.549. The predicted octanol–water partition coefficient (Wildman–Crippen LogP) is 3.86. The van der Waals surface area contributed by atoms with Gasteiger partial charge in [-0.3, -0.25) is 14.2 Å². The summed E-state index contributed by atoms with van der Waals surface area (Å²) >= 11 is 1.65. The number of rotatable bonds is 3. The van der Waals surface area contributed by atoms with Gasteiger partial charge in [0.2, 0.25) is 5.91 Å². The third kappa shape index (κ3) is 3.70. The van der Waals surface area contributed by atoms with Crippen LogP contribution in [0.3, 0.4) is 0 Å². The van der Waals surface area contributed by atoms with Crippen LogP contribution in [0.2, 0.25) is 0 Å². The smallest absolute Gasteiger partial charge is 0.262 e. The molecule has 0 bridgehead atoms. The largest absolute Gasteiger partial charge is 0.486 e. The van der Waals surface area contributed by atoms with Gasteiger partial charge in [0.1, 0.15) is 24.6 Å². The van der Waals surface area contributed by atoms with Crippen LogP contribution in [-0.4, -0.2) is 40.1 Å². The highest BCUT2D eigenvalue weighted by molar-refractivity contribution is 7.18. The first-order valence-corrected chi connectivity index (χ1v) is 12.7. The molecule has 7 nitrogen and oxygen atoms in total. The number of hydrogen-bond donors (Lipinski definition) is 0. The second-order valence-electron chi connectivity index (χ2n) is 9.07. The van der Waals surface area contributed by atoms with Crippen molar-refractivity contribution in [2.75, 3.05) is 19.8 Å². The summed E-state index contributed by atoms with van der Waals surface area (Å²) in [5, 5.41) is 0.733. The second-order valence-corrected chi connectivity index (χ2v) is 10.2. The Balaban J connectivity index is 1.27. The Bertz CT molecular complexity index is 1280. The molecular weight excluding hydrogens is 438 g/mol. The van der Waals surface area contributed by atoms with E-state index in [0.29, 0.717) is 19.8 Å². The lowest BCUT2D eigenvalue weighted by molar-refractivity contribution is -0.132. The van der Waals surface area contributed by atoms with E-state index in [9.17, 15) is 9.59 Å². The molecule has 1 atom stereocenters. The van der Waals surface area contributed by atoms with Crippen LogP contribution in [0.15, 0.2) is 29.3 Å². The fourth-order valence-corrected chi connectivity index (χ4v) is 6.61. The highest BCUT2D eigenvalue weighted by Gasteiger charge is 2.31. The van der Waals surface area contributed by atoms with Crippen molar-refractivity contribution < 1.29 is 14.3 Å². The number of likely N-dealkylation sites (tertiary alicyclic amines) is 1. The van der Waals surface area contributed by atoms with Gasteiger partial charge in [-0.2, -0.15) is 0 Å². The van der Waals surface area contributed by atoms with E-state index in [0.717, 1.165) is 59.4 Å². The minimum atomic E-state index is -0.0807. The molecular formula is C25H27N3O4S. The summed E-state index contributed by atoms with van der Waals surface area (Å²) in [6, 6.07) is 5.92. The monoisotopic (exact) mass is 465 g/mol. The van der Waals surface area contributed by atoms with Gasteiger partial charge in [0.15, 0.2) is 11.5 Å². The van der Waals surface area contributed by atoms with E-state index >= 15 is 0 Å². The average Bonchev–Trinajstić information content (AvgIpc) is 3.40. The van der Waals surface area contributed by atoms with Crippen LogP contribution in [0.1, 0.15) is 54.1 Å². The molecule has 2 aliphatic heterocycles. The van der Waals surface area contributed by atoms with Gasteiger partial charge in [0, 0.05) is 11.4 Å². The molecule has 0 spiro atoms. The summed E-state index contributed by atoms with van der Waals surface area (Å²) in [7, 11) is 0. The van der Waals surface area contributed by atoms with Gasteiger partial charge in [-0.25, -0.2) is 4.98 Å². The van der Waals surface area contributed by atoms with Crippen LogP contribution in [0.25, 0.3) is 10.2 Å². The Hall–Kier alpha value is -2.87. The number of hydrogen-bond acceptors (Lipinski definition) is 6. The first-order chi connectivity index (χ1) is 16.2. The minimum absolute atomic E-state index is 0.0156. The normalized spacial score (nSPS) is 20.0. The second kappa shape index (κ2) is 8.48. The number of thiophene rings is 1. The molecule has 1 fully saturated rings. The molecule has 1 aliphatic carbocycles. The Morgan fingerprint density at radius 1 is 1.09 bits per heavy atom. The molecule has 0 N–H and O–H groups in total. The van der Waals surface area contributed by atoms with Crippen LogP contribution in [0, 0.1) is 0 Å². The zero-order valence-corrected chi connectivity index (χ0v) is 19.4. The molecule has 3 aromatic rings. The van der Waals surface area contributed by atoms with E-state index in [2.05, 4.69) is 4.98 Å². The van der Waals surface area contributed by atoms with Gasteiger partial charge < -0.3 is 14.4 Å². The fourth-order valence-electron chi connectivity index (χ4n) is 5.39. The predicted molar refractivity (Wildman–Crippen MR) is 126 cm³/mol. The molecule has 8 heteroatoms. The molecule has 0 saturated carbocycles. The number of amides is 1. The van der Waals surface area contributed by atoms with Gasteiger partial charge in [0.05, 0.1) is 17.8 Å². The maximum absolute atomic E-state index is 13.4. The maximum Gasteiger partial charge on any atom is 0.262 e. The van der Waals surface area contributed by atoms with Crippen LogP contribution in [0.5, 0.6) is 11.5 Å². The molecule has 1 aromatic carbocycles. The maximum atomic E-state index is 13.4. The zero-order chi connectivity index (χ0) is 22.4. The standard InChI is InChI=1S/C25H27N3O4S/c29-22(28-10-4-6-18(28)16-8-9-19-20(13-16)32-12-11-31-19)14-27-15-26-24-23(25(27)30)17-5-2-1-3-7-21(17)33-24/h8-9,13,15,18H,1-7,10-12,14H2. The van der Waals surface area contributed by atoms with E-state index in [1.165, 1.54) is 27.8 Å². The molecule has 1 saturated heterocycles. The third-order valence-corrected chi connectivity index (χ3v) is 8.22. The molecule has 172 valence electrons. The Labute approximate surface area is 195 Å². The van der Waals surface area contributed by atoms with Crippen LogP contribution < -0.4 is 15.0 Å². The highest BCUT2D eigenvalue weighted by Crippen LogP contribution is 2.38. The number of fused-ring (bicyclic) bond motifs is 4. The number of aromatic nitrogens is 2. The van der Waals surface area contributed by atoms with E-state index < -0.39 is 0 Å². The Morgan fingerprint density at radius 2 is 1.94 bits per heavy atom. The SMILES string of the molecule is O=C(Cn1cnc2sc3c(c2c1=O)CCCCC3)N1CCCC1c1ccc2c(c1)OCCO2. The summed E-state index contributed by atoms with van der Waals surface area (Å²) in [5.74, 6) is 1.45. The lowest BCUT2D eigenvalue weighted by Crippen LogP contribution is -2.36. The minimum Gasteiger partial charge on any atom is -0.486 e. The van der Waals surface area contributed by atoms with Crippen molar-refractivity contribution in [2.24, 2.45) is 0 Å². The molecule has 3 aliphatic rings. The summed E-state index contributed by atoms with van der Waals surface area (Å²) in [5.41, 5.74) is 2.14. The molecule has 2 aromatic heterocycles. The van der Waals surface area contributed by atoms with Crippen LogP contribution >= 0.6 is 11.3 Å². The molecule has 1 amide bonds. The average molecular weight is 466 g/mol. The van der Waals surface area contributed by atoms with Gasteiger partial charge in [-0.15, -0.1) is 11.3 Å². The number of carbonyl (C=O) groups is 1. The zero-order valence-electron chi connectivity index (χ0n) is 18.5. The summed E-state index contributed by atoms with van der Waals surface area (Å²) in [6.07, 6.45) is 8.83. The lowest BCUT2D eigenvalue weighted by Gasteiger charge is -2.27. The van der Waals surface area contributed by atoms with Gasteiger partial charge >= 0.3 is 0 Å². The fraction of sp³-hybridized carbons (Fsp3) is 0.480. The Kier molecular flexibility index (Phi) is 5.32. The van der Waals surface area contributed by atoms with Gasteiger partial charge in [-0.1, -0.05) is 12.5 Å². The molecule has 6 rings (SSSR count). The number of aryl methyl sites for hydroxylation is 2. The lowest BCUT2D eigenvalue weighted by atomic mass is 10.0. The Morgan fingerprint density at radius 3 is 2.85 bits per heavy atom. The first-order valence-electron chi connectivity index (χ1n) is 11.9.